The number of aryl methyl sites for hydroxylation is 1. The lowest BCUT2D eigenvalue weighted by Crippen LogP contribution is -2.31. The summed E-state index contributed by atoms with van der Waals surface area (Å²) in [6.07, 6.45) is 2.16. The minimum Gasteiger partial charge on any atom is -0.393 e. The molecule has 1 rings (SSSR count). The van der Waals surface area contributed by atoms with E-state index < -0.39 is 0 Å². The van der Waals surface area contributed by atoms with Crippen molar-refractivity contribution in [3.8, 4) is 0 Å². The highest BCUT2D eigenvalue weighted by molar-refractivity contribution is 7.80. The summed E-state index contributed by atoms with van der Waals surface area (Å²) in [4.78, 5) is 2.98. The first-order chi connectivity index (χ1) is 8.83. The van der Waals surface area contributed by atoms with Crippen molar-refractivity contribution in [1.82, 2.24) is 4.90 Å². The van der Waals surface area contributed by atoms with Gasteiger partial charge in [-0.3, -0.25) is 0 Å². The molecule has 0 radical (unpaired) electrons. The molecule has 19 heavy (non-hydrogen) atoms. The summed E-state index contributed by atoms with van der Waals surface area (Å²) in [6.45, 7) is 8.48. The molecule has 0 aliphatic rings. The van der Waals surface area contributed by atoms with E-state index >= 15 is 0 Å². The van der Waals surface area contributed by atoms with E-state index in [2.05, 4.69) is 57.0 Å². The highest BCUT2D eigenvalue weighted by Crippen LogP contribution is 2.22. The van der Waals surface area contributed by atoms with Crippen LogP contribution in [0.5, 0.6) is 0 Å². The van der Waals surface area contributed by atoms with Crippen molar-refractivity contribution in [2.24, 2.45) is 11.1 Å². The van der Waals surface area contributed by atoms with Crippen LogP contribution >= 0.6 is 12.2 Å². The van der Waals surface area contributed by atoms with Gasteiger partial charge in [-0.2, -0.15) is 0 Å². The average molecular weight is 278 g/mol. The van der Waals surface area contributed by atoms with E-state index in [9.17, 15) is 0 Å². The predicted octanol–water partition coefficient (Wildman–Crippen LogP) is 3.52. The monoisotopic (exact) mass is 278 g/mol. The lowest BCUT2D eigenvalue weighted by atomic mass is 9.88. The molecule has 0 fully saturated rings. The van der Waals surface area contributed by atoms with Gasteiger partial charge in [0.15, 0.2) is 0 Å². The highest BCUT2D eigenvalue weighted by Gasteiger charge is 2.20. The molecule has 0 amide bonds. The van der Waals surface area contributed by atoms with Crippen LogP contribution in [0.3, 0.4) is 0 Å². The molecule has 1 aromatic rings. The molecule has 2 N–H and O–H groups in total. The van der Waals surface area contributed by atoms with E-state index in [1.165, 1.54) is 11.1 Å². The molecule has 0 aliphatic carbocycles. The van der Waals surface area contributed by atoms with E-state index in [4.69, 9.17) is 18.0 Å². The summed E-state index contributed by atoms with van der Waals surface area (Å²) in [5, 5.41) is 0. The number of hydrogen-bond donors (Lipinski definition) is 1. The second-order valence-corrected chi connectivity index (χ2v) is 6.46. The van der Waals surface area contributed by atoms with Crippen molar-refractivity contribution in [3.05, 3.63) is 35.4 Å². The molecule has 0 aromatic heterocycles. The molecule has 0 aliphatic heterocycles. The highest BCUT2D eigenvalue weighted by atomic mass is 32.1. The third-order valence-electron chi connectivity index (χ3n) is 3.71. The van der Waals surface area contributed by atoms with E-state index in [1.807, 2.05) is 0 Å². The number of benzene rings is 1. The Labute approximate surface area is 123 Å². The van der Waals surface area contributed by atoms with Crippen LogP contribution in [0.25, 0.3) is 0 Å². The van der Waals surface area contributed by atoms with Gasteiger partial charge in [0.1, 0.15) is 0 Å². The van der Waals surface area contributed by atoms with Gasteiger partial charge in [0.2, 0.25) is 0 Å². The topological polar surface area (TPSA) is 29.3 Å². The average Bonchev–Trinajstić information content (AvgIpc) is 2.31. The first-order valence-electron chi connectivity index (χ1n) is 6.86. The van der Waals surface area contributed by atoms with Crippen LogP contribution in [0.1, 0.15) is 37.8 Å². The van der Waals surface area contributed by atoms with Crippen molar-refractivity contribution in [1.29, 1.82) is 0 Å². The standard InChI is InChI=1S/C16H26N2S/c1-13-8-5-6-9-14(13)12-18(4)11-7-10-16(2,3)15(17)19/h5-6,8-9H,7,10-12H2,1-4H3,(H2,17,19). The van der Waals surface area contributed by atoms with Crippen molar-refractivity contribution in [2.45, 2.75) is 40.2 Å². The van der Waals surface area contributed by atoms with Gasteiger partial charge in [0, 0.05) is 12.0 Å². The Morgan fingerprint density at radius 2 is 1.95 bits per heavy atom. The molecular weight excluding hydrogens is 252 g/mol. The summed E-state index contributed by atoms with van der Waals surface area (Å²) in [6, 6.07) is 8.56. The van der Waals surface area contributed by atoms with Gasteiger partial charge >= 0.3 is 0 Å². The Morgan fingerprint density at radius 3 is 2.53 bits per heavy atom. The van der Waals surface area contributed by atoms with Crippen LogP contribution in [-0.4, -0.2) is 23.5 Å². The predicted molar refractivity (Wildman–Crippen MR) is 87.3 cm³/mol. The van der Waals surface area contributed by atoms with E-state index in [0.717, 1.165) is 25.9 Å². The molecule has 106 valence electrons. The molecular formula is C16H26N2S. The van der Waals surface area contributed by atoms with Gasteiger partial charge in [-0.25, -0.2) is 0 Å². The second-order valence-electron chi connectivity index (χ2n) is 6.02. The van der Waals surface area contributed by atoms with Gasteiger partial charge < -0.3 is 10.6 Å². The second kappa shape index (κ2) is 7.01. The number of thiocarbonyl (C=S) groups is 1. The van der Waals surface area contributed by atoms with Gasteiger partial charge in [-0.1, -0.05) is 50.3 Å². The maximum atomic E-state index is 5.75. The lowest BCUT2D eigenvalue weighted by molar-refractivity contribution is 0.301. The van der Waals surface area contributed by atoms with E-state index in [-0.39, 0.29) is 5.41 Å². The first kappa shape index (κ1) is 16.1. The third-order valence-corrected chi connectivity index (χ3v) is 4.26. The molecule has 0 saturated carbocycles. The maximum Gasteiger partial charge on any atom is 0.0784 e. The Balaban J connectivity index is 2.39. The fourth-order valence-corrected chi connectivity index (χ4v) is 2.17. The van der Waals surface area contributed by atoms with Crippen LogP contribution < -0.4 is 5.73 Å². The first-order valence-corrected chi connectivity index (χ1v) is 7.27. The van der Waals surface area contributed by atoms with Gasteiger partial charge in [0.05, 0.1) is 4.99 Å². The minimum absolute atomic E-state index is 0.0289. The fourth-order valence-electron chi connectivity index (χ4n) is 2.07. The summed E-state index contributed by atoms with van der Waals surface area (Å²) < 4.78 is 0. The molecule has 3 heteroatoms. The zero-order valence-electron chi connectivity index (χ0n) is 12.6. The summed E-state index contributed by atoms with van der Waals surface area (Å²) in [7, 11) is 2.17. The largest absolute Gasteiger partial charge is 0.393 e. The van der Waals surface area contributed by atoms with Gasteiger partial charge in [-0.15, -0.1) is 0 Å². The SMILES string of the molecule is Cc1ccccc1CN(C)CCCC(C)(C)C(N)=S. The molecule has 0 spiro atoms. The third kappa shape index (κ3) is 5.29. The lowest BCUT2D eigenvalue weighted by Gasteiger charge is -2.25. The van der Waals surface area contributed by atoms with Crippen molar-refractivity contribution >= 4 is 17.2 Å². The molecule has 0 heterocycles. The Kier molecular flexibility index (Phi) is 5.95. The Morgan fingerprint density at radius 1 is 1.32 bits per heavy atom. The zero-order valence-corrected chi connectivity index (χ0v) is 13.4. The van der Waals surface area contributed by atoms with Crippen LogP contribution in [0.15, 0.2) is 24.3 Å². The Bertz CT molecular complexity index is 427. The molecule has 0 atom stereocenters. The van der Waals surface area contributed by atoms with Crippen molar-refractivity contribution in [2.75, 3.05) is 13.6 Å². The molecule has 0 bridgehead atoms. The zero-order chi connectivity index (χ0) is 14.5. The number of nitrogens with two attached hydrogens (primary N) is 1. The summed E-state index contributed by atoms with van der Waals surface area (Å²) in [5.74, 6) is 0. The molecule has 1 aromatic carbocycles. The van der Waals surface area contributed by atoms with Gasteiger partial charge in [0.25, 0.3) is 0 Å². The smallest absolute Gasteiger partial charge is 0.0784 e. The number of nitrogens with zero attached hydrogens (tertiary/aromatic N) is 1. The van der Waals surface area contributed by atoms with Crippen LogP contribution in [0, 0.1) is 12.3 Å². The Hall–Kier alpha value is -0.930. The quantitative estimate of drug-likeness (QED) is 0.774. The summed E-state index contributed by atoms with van der Waals surface area (Å²) >= 11 is 5.10. The molecule has 2 nitrogen and oxygen atoms in total. The molecule has 0 unspecified atom stereocenters. The van der Waals surface area contributed by atoms with Gasteiger partial charge in [-0.05, 0) is 44.5 Å². The summed E-state index contributed by atoms with van der Waals surface area (Å²) in [5.41, 5.74) is 8.48. The minimum atomic E-state index is -0.0289. The fraction of sp³-hybridized carbons (Fsp3) is 0.562. The van der Waals surface area contributed by atoms with Crippen molar-refractivity contribution < 1.29 is 0 Å². The van der Waals surface area contributed by atoms with E-state index in [0.29, 0.717) is 4.99 Å². The number of rotatable bonds is 7. The van der Waals surface area contributed by atoms with E-state index in [1.54, 1.807) is 0 Å². The maximum absolute atomic E-state index is 5.75. The van der Waals surface area contributed by atoms with Crippen molar-refractivity contribution in [3.63, 3.8) is 0 Å². The van der Waals surface area contributed by atoms with Crippen LogP contribution in [-0.2, 0) is 6.54 Å². The number of hydrogen-bond acceptors (Lipinski definition) is 2. The normalized spacial score (nSPS) is 11.8. The van der Waals surface area contributed by atoms with Crippen LogP contribution in [0.2, 0.25) is 0 Å². The van der Waals surface area contributed by atoms with Crippen LogP contribution in [0.4, 0.5) is 0 Å². The molecule has 0 saturated heterocycles.